The number of halogens is 3. The van der Waals surface area contributed by atoms with Crippen molar-refractivity contribution >= 4 is 5.97 Å². The molecule has 0 bridgehead atoms. The molecule has 0 radical (unpaired) electrons. The molecule has 0 aromatic heterocycles. The zero-order valence-corrected chi connectivity index (χ0v) is 13.2. The third kappa shape index (κ3) is 4.50. The van der Waals surface area contributed by atoms with E-state index in [2.05, 4.69) is 0 Å². The zero-order valence-electron chi connectivity index (χ0n) is 13.2. The molecular formula is C18H17F3O3. The third-order valence-corrected chi connectivity index (χ3v) is 3.71. The van der Waals surface area contributed by atoms with Gasteiger partial charge in [0.1, 0.15) is 5.75 Å². The predicted molar refractivity (Wildman–Crippen MR) is 83.1 cm³/mol. The topological polar surface area (TPSA) is 46.5 Å². The quantitative estimate of drug-likeness (QED) is 0.879. The fourth-order valence-corrected chi connectivity index (χ4v) is 2.22. The Morgan fingerprint density at radius 1 is 1.12 bits per heavy atom. The van der Waals surface area contributed by atoms with Gasteiger partial charge in [0.05, 0.1) is 5.56 Å². The molecule has 2 rings (SSSR count). The Bertz CT molecular complexity index is 739. The summed E-state index contributed by atoms with van der Waals surface area (Å²) in [6.07, 6.45) is -5.90. The maximum absolute atomic E-state index is 12.7. The minimum atomic E-state index is -4.47. The molecule has 6 heteroatoms. The van der Waals surface area contributed by atoms with Crippen molar-refractivity contribution in [2.45, 2.75) is 32.5 Å². The van der Waals surface area contributed by atoms with Crippen molar-refractivity contribution in [2.75, 3.05) is 0 Å². The van der Waals surface area contributed by atoms with Gasteiger partial charge in [-0.25, -0.2) is 4.79 Å². The highest BCUT2D eigenvalue weighted by Crippen LogP contribution is 2.30. The first kappa shape index (κ1) is 17.8. The molecule has 0 aliphatic rings. The van der Waals surface area contributed by atoms with Crippen molar-refractivity contribution in [1.82, 2.24) is 0 Å². The van der Waals surface area contributed by atoms with Crippen LogP contribution in [0.5, 0.6) is 5.75 Å². The Balaban J connectivity index is 2.20. The van der Waals surface area contributed by atoms with Crippen LogP contribution in [0.4, 0.5) is 13.2 Å². The van der Waals surface area contributed by atoms with Gasteiger partial charge in [-0.3, -0.25) is 0 Å². The van der Waals surface area contributed by atoms with Crippen LogP contribution in [0.3, 0.4) is 0 Å². The molecule has 0 fully saturated rings. The van der Waals surface area contributed by atoms with E-state index in [4.69, 9.17) is 4.74 Å². The van der Waals surface area contributed by atoms with Crippen molar-refractivity contribution in [3.8, 4) is 5.75 Å². The standard InChI is InChI=1S/C18H17F3O3/c1-11-6-7-15(8-12(11)2)24-16(17(22)23)10-13-4-3-5-14(9-13)18(19,20)21/h3-9,16H,10H2,1-2H3,(H,22,23). The van der Waals surface area contributed by atoms with Crippen LogP contribution in [0.1, 0.15) is 22.3 Å². The van der Waals surface area contributed by atoms with Crippen LogP contribution < -0.4 is 4.74 Å². The van der Waals surface area contributed by atoms with E-state index in [1.165, 1.54) is 12.1 Å². The number of aliphatic carboxylic acids is 1. The summed E-state index contributed by atoms with van der Waals surface area (Å²) in [6.45, 7) is 3.78. The van der Waals surface area contributed by atoms with E-state index in [-0.39, 0.29) is 12.0 Å². The number of aryl methyl sites for hydroxylation is 2. The number of carboxylic acid groups (broad SMARTS) is 1. The monoisotopic (exact) mass is 338 g/mol. The molecule has 0 spiro atoms. The van der Waals surface area contributed by atoms with Crippen molar-refractivity contribution in [3.05, 3.63) is 64.7 Å². The van der Waals surface area contributed by atoms with Crippen molar-refractivity contribution in [2.24, 2.45) is 0 Å². The number of benzene rings is 2. The fourth-order valence-electron chi connectivity index (χ4n) is 2.22. The smallest absolute Gasteiger partial charge is 0.416 e. The lowest BCUT2D eigenvalue weighted by Gasteiger charge is -2.17. The van der Waals surface area contributed by atoms with Gasteiger partial charge in [0, 0.05) is 6.42 Å². The number of alkyl halides is 3. The van der Waals surface area contributed by atoms with Crippen LogP contribution in [0.2, 0.25) is 0 Å². The van der Waals surface area contributed by atoms with E-state index in [0.717, 1.165) is 23.3 Å². The normalized spacial score (nSPS) is 12.7. The molecular weight excluding hydrogens is 321 g/mol. The number of carbonyl (C=O) groups is 1. The summed E-state index contributed by atoms with van der Waals surface area (Å²) in [5, 5.41) is 9.30. The SMILES string of the molecule is Cc1ccc(OC(Cc2cccc(C(F)(F)F)c2)C(=O)O)cc1C. The fraction of sp³-hybridized carbons (Fsp3) is 0.278. The van der Waals surface area contributed by atoms with Crippen LogP contribution in [0, 0.1) is 13.8 Å². The summed E-state index contributed by atoms with van der Waals surface area (Å²) in [4.78, 5) is 11.4. The van der Waals surface area contributed by atoms with Gasteiger partial charge in [0.2, 0.25) is 0 Å². The first-order chi connectivity index (χ1) is 11.2. The zero-order chi connectivity index (χ0) is 17.9. The summed E-state index contributed by atoms with van der Waals surface area (Å²) >= 11 is 0. The second kappa shape index (κ2) is 6.95. The van der Waals surface area contributed by atoms with E-state index in [9.17, 15) is 23.1 Å². The van der Waals surface area contributed by atoms with Crippen molar-refractivity contribution in [3.63, 3.8) is 0 Å². The van der Waals surface area contributed by atoms with Crippen molar-refractivity contribution in [1.29, 1.82) is 0 Å². The van der Waals surface area contributed by atoms with Gasteiger partial charge in [0.15, 0.2) is 6.10 Å². The summed E-state index contributed by atoms with van der Waals surface area (Å²) < 4.78 is 43.7. The van der Waals surface area contributed by atoms with Gasteiger partial charge in [0.25, 0.3) is 0 Å². The number of hydrogen-bond donors (Lipinski definition) is 1. The molecule has 1 unspecified atom stereocenters. The largest absolute Gasteiger partial charge is 0.478 e. The van der Waals surface area contributed by atoms with E-state index in [1.54, 1.807) is 18.2 Å². The van der Waals surface area contributed by atoms with Gasteiger partial charge in [-0.2, -0.15) is 13.2 Å². The molecule has 1 N–H and O–H groups in total. The Morgan fingerprint density at radius 3 is 2.42 bits per heavy atom. The third-order valence-electron chi connectivity index (χ3n) is 3.71. The number of rotatable bonds is 5. The lowest BCUT2D eigenvalue weighted by molar-refractivity contribution is -0.145. The minimum Gasteiger partial charge on any atom is -0.478 e. The summed E-state index contributed by atoms with van der Waals surface area (Å²) in [5.41, 5.74) is 1.42. The van der Waals surface area contributed by atoms with E-state index < -0.39 is 23.8 Å². The summed E-state index contributed by atoms with van der Waals surface area (Å²) in [6, 6.07) is 9.75. The Hall–Kier alpha value is -2.50. The lowest BCUT2D eigenvalue weighted by Crippen LogP contribution is -2.29. The van der Waals surface area contributed by atoms with Crippen molar-refractivity contribution < 1.29 is 27.8 Å². The van der Waals surface area contributed by atoms with Gasteiger partial charge in [-0.05, 0) is 48.7 Å². The average molecular weight is 338 g/mol. The molecule has 1 atom stereocenters. The van der Waals surface area contributed by atoms with E-state index >= 15 is 0 Å². The number of ether oxygens (including phenoxy) is 1. The molecule has 0 saturated heterocycles. The molecule has 2 aromatic carbocycles. The second-order valence-electron chi connectivity index (χ2n) is 5.59. The van der Waals surface area contributed by atoms with Gasteiger partial charge >= 0.3 is 12.1 Å². The maximum Gasteiger partial charge on any atom is 0.416 e. The van der Waals surface area contributed by atoms with Crippen LogP contribution in [-0.4, -0.2) is 17.2 Å². The Labute approximate surface area is 137 Å². The highest BCUT2D eigenvalue weighted by molar-refractivity contribution is 5.73. The Morgan fingerprint density at radius 2 is 1.83 bits per heavy atom. The average Bonchev–Trinajstić information content (AvgIpc) is 2.49. The van der Waals surface area contributed by atoms with Crippen LogP contribution in [-0.2, 0) is 17.4 Å². The first-order valence-corrected chi connectivity index (χ1v) is 7.29. The van der Waals surface area contributed by atoms with Crippen LogP contribution in [0.25, 0.3) is 0 Å². The molecule has 0 saturated carbocycles. The number of hydrogen-bond acceptors (Lipinski definition) is 2. The molecule has 0 amide bonds. The van der Waals surface area contributed by atoms with Gasteiger partial charge < -0.3 is 9.84 Å². The molecule has 2 aromatic rings. The molecule has 3 nitrogen and oxygen atoms in total. The summed E-state index contributed by atoms with van der Waals surface area (Å²) in [5.74, 6) is -0.858. The molecule has 128 valence electrons. The highest BCUT2D eigenvalue weighted by atomic mass is 19.4. The van der Waals surface area contributed by atoms with Gasteiger partial charge in [-0.15, -0.1) is 0 Å². The first-order valence-electron chi connectivity index (χ1n) is 7.29. The highest BCUT2D eigenvalue weighted by Gasteiger charge is 2.31. The lowest BCUT2D eigenvalue weighted by atomic mass is 10.0. The molecule has 0 aliphatic carbocycles. The van der Waals surface area contributed by atoms with E-state index in [0.29, 0.717) is 5.75 Å². The molecule has 0 heterocycles. The van der Waals surface area contributed by atoms with Crippen LogP contribution in [0.15, 0.2) is 42.5 Å². The molecule has 24 heavy (non-hydrogen) atoms. The summed E-state index contributed by atoms with van der Waals surface area (Å²) in [7, 11) is 0. The Kier molecular flexibility index (Phi) is 5.17. The van der Waals surface area contributed by atoms with Crippen LogP contribution >= 0.6 is 0 Å². The van der Waals surface area contributed by atoms with E-state index in [1.807, 2.05) is 13.8 Å². The number of carboxylic acids is 1. The predicted octanol–water partition coefficient (Wildman–Crippen LogP) is 4.40. The minimum absolute atomic E-state index is 0.161. The van der Waals surface area contributed by atoms with Gasteiger partial charge in [-0.1, -0.05) is 24.3 Å². The second-order valence-corrected chi connectivity index (χ2v) is 5.59. The molecule has 0 aliphatic heterocycles. The maximum atomic E-state index is 12.7.